The van der Waals surface area contributed by atoms with Crippen molar-refractivity contribution in [3.8, 4) is 5.75 Å². The van der Waals surface area contributed by atoms with Crippen molar-refractivity contribution in [3.05, 3.63) is 23.2 Å². The Bertz CT molecular complexity index is 665. The van der Waals surface area contributed by atoms with E-state index in [1.54, 1.807) is 0 Å². The monoisotopic (exact) mass is 383 g/mol. The highest BCUT2D eigenvalue weighted by atomic mass is 35.5. The molecule has 1 aliphatic rings. The lowest BCUT2D eigenvalue weighted by Gasteiger charge is -2.15. The van der Waals surface area contributed by atoms with Gasteiger partial charge in [-0.05, 0) is 37.0 Å². The number of ether oxygens (including phenoxy) is 1. The zero-order valence-corrected chi connectivity index (χ0v) is 14.6. The zero-order valence-electron chi connectivity index (χ0n) is 12.2. The highest BCUT2D eigenvalue weighted by Gasteiger charge is 2.30. The van der Waals surface area contributed by atoms with Gasteiger partial charge in [-0.3, -0.25) is 4.79 Å². The zero-order chi connectivity index (χ0) is 16.3. The van der Waals surface area contributed by atoms with E-state index in [4.69, 9.17) is 27.8 Å². The number of benzene rings is 1. The summed E-state index contributed by atoms with van der Waals surface area (Å²) in [7, 11) is -3.85. The Morgan fingerprint density at radius 3 is 2.65 bits per heavy atom. The van der Waals surface area contributed by atoms with Gasteiger partial charge in [0.25, 0.3) is 5.91 Å². The fourth-order valence-electron chi connectivity index (χ4n) is 1.93. The number of primary amides is 1. The van der Waals surface area contributed by atoms with Crippen molar-refractivity contribution in [1.82, 2.24) is 4.72 Å². The van der Waals surface area contributed by atoms with Crippen LogP contribution in [0.1, 0.15) is 12.8 Å². The summed E-state index contributed by atoms with van der Waals surface area (Å²) in [6, 6.07) is 3.88. The van der Waals surface area contributed by atoms with Crippen LogP contribution in [0.15, 0.2) is 23.1 Å². The van der Waals surface area contributed by atoms with Crippen LogP contribution in [-0.2, 0) is 14.8 Å². The minimum absolute atomic E-state index is 0. The second-order valence-corrected chi connectivity index (χ2v) is 7.37. The first-order valence-corrected chi connectivity index (χ1v) is 8.61. The summed E-state index contributed by atoms with van der Waals surface area (Å²) >= 11 is 5.84. The summed E-state index contributed by atoms with van der Waals surface area (Å²) in [5.41, 5.74) is 10.9. The first kappa shape index (κ1) is 20.0. The summed E-state index contributed by atoms with van der Waals surface area (Å²) in [5, 5.41) is 0.235. The van der Waals surface area contributed by atoms with Crippen LogP contribution in [-0.4, -0.2) is 33.5 Å². The van der Waals surface area contributed by atoms with Crippen molar-refractivity contribution in [2.24, 2.45) is 17.4 Å². The van der Waals surface area contributed by atoms with E-state index in [0.29, 0.717) is 5.92 Å². The number of nitrogens with two attached hydrogens (primary N) is 2. The van der Waals surface area contributed by atoms with Gasteiger partial charge in [-0.1, -0.05) is 11.6 Å². The second kappa shape index (κ2) is 8.16. The van der Waals surface area contributed by atoms with Crippen molar-refractivity contribution in [3.63, 3.8) is 0 Å². The third-order valence-corrected chi connectivity index (χ3v) is 4.98. The fourth-order valence-corrected chi connectivity index (χ4v) is 3.41. The summed E-state index contributed by atoms with van der Waals surface area (Å²) in [6.45, 7) is -0.291. The van der Waals surface area contributed by atoms with E-state index >= 15 is 0 Å². The van der Waals surface area contributed by atoms with Crippen molar-refractivity contribution >= 4 is 39.9 Å². The maximum absolute atomic E-state index is 12.4. The number of hydrogen-bond acceptors (Lipinski definition) is 5. The number of sulfonamides is 1. The van der Waals surface area contributed by atoms with Crippen LogP contribution < -0.4 is 20.9 Å². The Labute approximate surface area is 146 Å². The minimum atomic E-state index is -3.85. The average molecular weight is 384 g/mol. The molecule has 1 aliphatic carbocycles. The molecule has 0 aromatic heterocycles. The number of halogens is 2. The first-order valence-electron chi connectivity index (χ1n) is 6.75. The van der Waals surface area contributed by atoms with Crippen LogP contribution in [0.4, 0.5) is 0 Å². The summed E-state index contributed by atoms with van der Waals surface area (Å²) in [5.74, 6) is -0.328. The lowest BCUT2D eigenvalue weighted by molar-refractivity contribution is -0.120. The molecule has 1 aromatic rings. The normalized spacial score (nSPS) is 15.6. The topological polar surface area (TPSA) is 125 Å². The maximum atomic E-state index is 12.4. The summed E-state index contributed by atoms with van der Waals surface area (Å²) < 4.78 is 32.3. The molecule has 1 atom stereocenters. The Balaban J connectivity index is 0.00000264. The summed E-state index contributed by atoms with van der Waals surface area (Å²) in [6.07, 6.45) is 2.04. The first-order chi connectivity index (χ1) is 10.3. The Morgan fingerprint density at radius 2 is 2.09 bits per heavy atom. The fraction of sp³-hybridized carbons (Fsp3) is 0.462. The molecular formula is C13H19Cl2N3O4S. The van der Waals surface area contributed by atoms with Crippen molar-refractivity contribution in [1.29, 1.82) is 0 Å². The van der Waals surface area contributed by atoms with Gasteiger partial charge in [0.2, 0.25) is 10.0 Å². The van der Waals surface area contributed by atoms with Gasteiger partial charge in [0, 0.05) is 17.6 Å². The molecule has 1 unspecified atom stereocenters. The third kappa shape index (κ3) is 5.82. The van der Waals surface area contributed by atoms with Gasteiger partial charge >= 0.3 is 0 Å². The highest BCUT2D eigenvalue weighted by molar-refractivity contribution is 7.89. The standard InChI is InChI=1S/C13H18ClN3O4S.ClH/c14-9-3-4-11(21-7-13(16)18)12(5-9)22(19,20)17-6-10(15)8-1-2-8;/h3-5,8,10,17H,1-2,6-7,15H2,(H2,16,18);1H. The molecule has 0 heterocycles. The quantitative estimate of drug-likeness (QED) is 0.607. The lowest BCUT2D eigenvalue weighted by atomic mass is 10.2. The molecule has 0 spiro atoms. The third-order valence-electron chi connectivity index (χ3n) is 3.30. The van der Waals surface area contributed by atoms with E-state index in [-0.39, 0.29) is 40.7 Å². The van der Waals surface area contributed by atoms with Crippen LogP contribution in [0.3, 0.4) is 0 Å². The molecule has 0 radical (unpaired) electrons. The van der Waals surface area contributed by atoms with Gasteiger partial charge in [0.05, 0.1) is 0 Å². The van der Waals surface area contributed by atoms with Gasteiger partial charge in [-0.2, -0.15) is 0 Å². The largest absolute Gasteiger partial charge is 0.482 e. The van der Waals surface area contributed by atoms with E-state index in [1.807, 2.05) is 0 Å². The maximum Gasteiger partial charge on any atom is 0.255 e. The molecular weight excluding hydrogens is 365 g/mol. The van der Waals surface area contributed by atoms with E-state index in [1.165, 1.54) is 18.2 Å². The summed E-state index contributed by atoms with van der Waals surface area (Å²) in [4.78, 5) is 10.6. The lowest BCUT2D eigenvalue weighted by Crippen LogP contribution is -2.38. The molecule has 10 heteroatoms. The predicted octanol–water partition coefficient (Wildman–Crippen LogP) is 0.642. The second-order valence-electron chi connectivity index (χ2n) is 5.20. The molecule has 1 saturated carbocycles. The van der Waals surface area contributed by atoms with E-state index < -0.39 is 22.5 Å². The number of carbonyl (C=O) groups is 1. The molecule has 130 valence electrons. The molecule has 23 heavy (non-hydrogen) atoms. The molecule has 1 aromatic carbocycles. The Morgan fingerprint density at radius 1 is 1.43 bits per heavy atom. The van der Waals surface area contributed by atoms with Gasteiger partial charge < -0.3 is 16.2 Å². The molecule has 2 rings (SSSR count). The van der Waals surface area contributed by atoms with E-state index in [2.05, 4.69) is 4.72 Å². The molecule has 0 aliphatic heterocycles. The number of amides is 1. The van der Waals surface area contributed by atoms with Crippen molar-refractivity contribution < 1.29 is 17.9 Å². The minimum Gasteiger partial charge on any atom is -0.482 e. The van der Waals surface area contributed by atoms with Crippen LogP contribution in [0.5, 0.6) is 5.75 Å². The molecule has 5 N–H and O–H groups in total. The number of nitrogens with one attached hydrogen (secondary N) is 1. The predicted molar refractivity (Wildman–Crippen MR) is 89.3 cm³/mol. The van der Waals surface area contributed by atoms with Crippen molar-refractivity contribution in [2.75, 3.05) is 13.2 Å². The molecule has 1 fully saturated rings. The van der Waals surface area contributed by atoms with Gasteiger partial charge in [-0.15, -0.1) is 12.4 Å². The van der Waals surface area contributed by atoms with Crippen LogP contribution in [0, 0.1) is 5.92 Å². The van der Waals surface area contributed by atoms with Crippen molar-refractivity contribution in [2.45, 2.75) is 23.8 Å². The van der Waals surface area contributed by atoms with E-state index in [0.717, 1.165) is 12.8 Å². The molecule has 1 amide bonds. The highest BCUT2D eigenvalue weighted by Crippen LogP contribution is 2.32. The molecule has 0 saturated heterocycles. The Hall–Kier alpha value is -1.06. The average Bonchev–Trinajstić information content (AvgIpc) is 3.28. The molecule has 0 bridgehead atoms. The number of hydrogen-bond donors (Lipinski definition) is 3. The van der Waals surface area contributed by atoms with Crippen LogP contribution >= 0.6 is 24.0 Å². The smallest absolute Gasteiger partial charge is 0.255 e. The number of carbonyl (C=O) groups excluding carboxylic acids is 1. The number of rotatable bonds is 8. The van der Waals surface area contributed by atoms with Gasteiger partial charge in [0.15, 0.2) is 6.61 Å². The molecule has 7 nitrogen and oxygen atoms in total. The Kier molecular flexibility index (Phi) is 7.09. The SMILES string of the molecule is Cl.NC(=O)COc1ccc(Cl)cc1S(=O)(=O)NCC(N)C1CC1. The van der Waals surface area contributed by atoms with E-state index in [9.17, 15) is 13.2 Å². The van der Waals surface area contributed by atoms with Gasteiger partial charge in [-0.25, -0.2) is 13.1 Å². The van der Waals surface area contributed by atoms with Gasteiger partial charge in [0.1, 0.15) is 10.6 Å². The van der Waals surface area contributed by atoms with Crippen LogP contribution in [0.25, 0.3) is 0 Å². The van der Waals surface area contributed by atoms with Crippen LogP contribution in [0.2, 0.25) is 5.02 Å².